The van der Waals surface area contributed by atoms with Crippen molar-refractivity contribution in [1.82, 2.24) is 0 Å². The molecule has 0 spiro atoms. The SMILES string of the molecule is CC(C)(C)c1cc(OC(=O)CCSCCSCCSCCC(=O)Oc2cc(C(C)(C)C)c(O)c(C(C)(C)C)c2)cc(C(C)(C)C)c1O. The number of phenolic OH excluding ortho intramolecular Hbond substituents is 2. The van der Waals surface area contributed by atoms with Gasteiger partial charge in [0.15, 0.2) is 0 Å². The van der Waals surface area contributed by atoms with Crippen LogP contribution in [0.3, 0.4) is 0 Å². The van der Waals surface area contributed by atoms with E-state index in [1.165, 1.54) is 0 Å². The van der Waals surface area contributed by atoms with Crippen LogP contribution in [-0.2, 0) is 31.2 Å². The third-order valence-corrected chi connectivity index (χ3v) is 11.0. The molecule has 2 N–H and O–H groups in total. The first-order valence-corrected chi connectivity index (χ1v) is 19.9. The number of carbonyl (C=O) groups excluding carboxylic acids is 2. The molecule has 2 aromatic rings. The molecule has 0 saturated heterocycles. The number of hydrogen-bond donors (Lipinski definition) is 2. The monoisotopic (exact) mass is 706 g/mol. The first-order chi connectivity index (χ1) is 21.5. The van der Waals surface area contributed by atoms with E-state index in [4.69, 9.17) is 9.47 Å². The molecule has 0 aromatic heterocycles. The minimum Gasteiger partial charge on any atom is -0.507 e. The van der Waals surface area contributed by atoms with E-state index in [1.807, 2.05) is 94.8 Å². The van der Waals surface area contributed by atoms with Crippen molar-refractivity contribution in [2.24, 2.45) is 0 Å². The van der Waals surface area contributed by atoms with Gasteiger partial charge in [0, 0.05) is 56.8 Å². The Hall–Kier alpha value is -1.97. The van der Waals surface area contributed by atoms with Crippen molar-refractivity contribution < 1.29 is 29.3 Å². The van der Waals surface area contributed by atoms with Crippen LogP contribution >= 0.6 is 35.3 Å². The molecular formula is C38H58O6S3. The van der Waals surface area contributed by atoms with Crippen LogP contribution in [0, 0.1) is 0 Å². The van der Waals surface area contributed by atoms with Crippen molar-refractivity contribution in [3.63, 3.8) is 0 Å². The predicted octanol–water partition coefficient (Wildman–Crippen LogP) is 9.78. The van der Waals surface area contributed by atoms with Gasteiger partial charge in [0.2, 0.25) is 0 Å². The average molecular weight is 707 g/mol. The smallest absolute Gasteiger partial charge is 0.312 e. The summed E-state index contributed by atoms with van der Waals surface area (Å²) < 4.78 is 11.4. The highest BCUT2D eigenvalue weighted by Crippen LogP contribution is 2.43. The summed E-state index contributed by atoms with van der Waals surface area (Å²) in [5.41, 5.74) is 1.95. The second-order valence-corrected chi connectivity index (χ2v) is 19.7. The maximum Gasteiger partial charge on any atom is 0.312 e. The van der Waals surface area contributed by atoms with E-state index in [0.29, 0.717) is 35.8 Å². The summed E-state index contributed by atoms with van der Waals surface area (Å²) in [5.74, 6) is 6.28. The van der Waals surface area contributed by atoms with E-state index < -0.39 is 0 Å². The molecule has 0 saturated carbocycles. The van der Waals surface area contributed by atoms with Gasteiger partial charge in [-0.15, -0.1) is 0 Å². The molecule has 0 bridgehead atoms. The Morgan fingerprint density at radius 1 is 0.489 bits per heavy atom. The van der Waals surface area contributed by atoms with Gasteiger partial charge >= 0.3 is 11.9 Å². The van der Waals surface area contributed by atoms with E-state index in [1.54, 1.807) is 47.8 Å². The molecule has 0 atom stereocenters. The predicted molar refractivity (Wildman–Crippen MR) is 203 cm³/mol. The van der Waals surface area contributed by atoms with Crippen molar-refractivity contribution in [2.45, 2.75) is 118 Å². The highest BCUT2D eigenvalue weighted by Gasteiger charge is 2.29. The zero-order chi connectivity index (χ0) is 35.8. The lowest BCUT2D eigenvalue weighted by molar-refractivity contribution is -0.134. The minimum atomic E-state index is -0.285. The summed E-state index contributed by atoms with van der Waals surface area (Å²) in [4.78, 5) is 25.2. The van der Waals surface area contributed by atoms with E-state index in [9.17, 15) is 19.8 Å². The molecule has 2 rings (SSSR count). The Morgan fingerprint density at radius 3 is 0.957 bits per heavy atom. The lowest BCUT2D eigenvalue weighted by Gasteiger charge is -2.28. The second kappa shape index (κ2) is 17.1. The fourth-order valence-electron chi connectivity index (χ4n) is 4.84. The number of benzene rings is 2. The normalized spacial score (nSPS) is 12.7. The summed E-state index contributed by atoms with van der Waals surface area (Å²) >= 11 is 5.36. The number of hydrogen-bond acceptors (Lipinski definition) is 9. The molecule has 0 unspecified atom stereocenters. The number of carbonyl (C=O) groups is 2. The third kappa shape index (κ3) is 13.5. The van der Waals surface area contributed by atoms with Crippen LogP contribution < -0.4 is 9.47 Å². The summed E-state index contributed by atoms with van der Waals surface area (Å²) in [6, 6.07) is 7.14. The van der Waals surface area contributed by atoms with Crippen molar-refractivity contribution in [3.8, 4) is 23.0 Å². The number of thioether (sulfide) groups is 3. The fraction of sp³-hybridized carbons (Fsp3) is 0.632. The Kier molecular flexibility index (Phi) is 15.0. The largest absolute Gasteiger partial charge is 0.507 e. The molecular weight excluding hydrogens is 649 g/mol. The quantitative estimate of drug-likeness (QED) is 0.113. The zero-order valence-corrected chi connectivity index (χ0v) is 33.2. The van der Waals surface area contributed by atoms with Gasteiger partial charge in [0.25, 0.3) is 0 Å². The average Bonchev–Trinajstić information content (AvgIpc) is 2.90. The summed E-state index contributed by atoms with van der Waals surface area (Å²) in [7, 11) is 0. The first-order valence-electron chi connectivity index (χ1n) is 16.4. The number of ether oxygens (including phenoxy) is 2. The van der Waals surface area contributed by atoms with Crippen molar-refractivity contribution >= 4 is 47.2 Å². The molecule has 47 heavy (non-hydrogen) atoms. The standard InChI is InChI=1S/C38H58O6S3/c1-35(2,3)27-21-25(22-28(33(27)41)36(4,5)6)43-31(39)13-15-45-17-19-47-20-18-46-16-14-32(40)44-26-23-29(37(7,8)9)34(42)30(24-26)38(10,11)12/h21-24,41-42H,13-20H2,1-12H3. The number of rotatable bonds is 14. The van der Waals surface area contributed by atoms with Crippen LogP contribution in [0.2, 0.25) is 0 Å². The van der Waals surface area contributed by atoms with Gasteiger partial charge in [0.1, 0.15) is 23.0 Å². The maximum atomic E-state index is 12.6. The van der Waals surface area contributed by atoms with E-state index in [-0.39, 0.29) is 45.1 Å². The molecule has 9 heteroatoms. The molecule has 6 nitrogen and oxygen atoms in total. The van der Waals surface area contributed by atoms with Crippen LogP contribution in [0.25, 0.3) is 0 Å². The topological polar surface area (TPSA) is 93.1 Å². The summed E-state index contributed by atoms with van der Waals surface area (Å²) in [6.07, 6.45) is 0.661. The second-order valence-electron chi connectivity index (χ2n) is 16.0. The third-order valence-electron chi connectivity index (χ3n) is 7.51. The van der Waals surface area contributed by atoms with Gasteiger partial charge in [-0.2, -0.15) is 35.3 Å². The molecule has 0 radical (unpaired) electrons. The highest BCUT2D eigenvalue weighted by atomic mass is 32.2. The summed E-state index contributed by atoms with van der Waals surface area (Å²) in [6.45, 7) is 24.4. The lowest BCUT2D eigenvalue weighted by Crippen LogP contribution is -2.18. The molecule has 0 heterocycles. The Labute approximate surface area is 296 Å². The van der Waals surface area contributed by atoms with Crippen LogP contribution in [0.1, 0.15) is 118 Å². The molecule has 0 aliphatic heterocycles. The fourth-order valence-corrected chi connectivity index (χ4v) is 7.96. The Morgan fingerprint density at radius 2 is 0.723 bits per heavy atom. The van der Waals surface area contributed by atoms with Crippen molar-refractivity contribution in [1.29, 1.82) is 0 Å². The Balaban J connectivity index is 1.67. The van der Waals surface area contributed by atoms with Crippen molar-refractivity contribution in [2.75, 3.05) is 34.5 Å². The van der Waals surface area contributed by atoms with E-state index in [0.717, 1.165) is 45.3 Å². The summed E-state index contributed by atoms with van der Waals surface area (Å²) in [5, 5.41) is 21.8. The van der Waals surface area contributed by atoms with E-state index >= 15 is 0 Å². The molecule has 0 aliphatic rings. The van der Waals surface area contributed by atoms with Gasteiger partial charge in [-0.25, -0.2) is 0 Å². The van der Waals surface area contributed by atoms with E-state index in [2.05, 4.69) is 0 Å². The van der Waals surface area contributed by atoms with Crippen molar-refractivity contribution in [3.05, 3.63) is 46.5 Å². The van der Waals surface area contributed by atoms with Gasteiger partial charge in [-0.05, 0) is 45.9 Å². The highest BCUT2D eigenvalue weighted by molar-refractivity contribution is 8.04. The van der Waals surface area contributed by atoms with Gasteiger partial charge < -0.3 is 19.7 Å². The molecule has 0 amide bonds. The lowest BCUT2D eigenvalue weighted by atomic mass is 9.79. The van der Waals surface area contributed by atoms with Gasteiger partial charge in [-0.1, -0.05) is 83.1 Å². The van der Waals surface area contributed by atoms with Crippen LogP contribution in [-0.4, -0.2) is 56.7 Å². The van der Waals surface area contributed by atoms with Crippen LogP contribution in [0.4, 0.5) is 0 Å². The maximum absolute atomic E-state index is 12.6. The zero-order valence-electron chi connectivity index (χ0n) is 30.7. The molecule has 2 aromatic carbocycles. The minimum absolute atomic E-state index is 0.264. The first kappa shape index (κ1) is 41.2. The van der Waals surface area contributed by atoms with Gasteiger partial charge in [0.05, 0.1) is 12.8 Å². The molecule has 264 valence electrons. The molecule has 0 aliphatic carbocycles. The van der Waals surface area contributed by atoms with Crippen LogP contribution in [0.15, 0.2) is 24.3 Å². The molecule has 0 fully saturated rings. The van der Waals surface area contributed by atoms with Crippen LogP contribution in [0.5, 0.6) is 23.0 Å². The number of aromatic hydroxyl groups is 2. The number of esters is 2. The number of phenols is 2. The Bertz CT molecular complexity index is 1180. The van der Waals surface area contributed by atoms with Gasteiger partial charge in [-0.3, -0.25) is 9.59 Å².